The van der Waals surface area contributed by atoms with Crippen molar-refractivity contribution >= 4 is 24.2 Å². The predicted molar refractivity (Wildman–Crippen MR) is 58.1 cm³/mol. The summed E-state index contributed by atoms with van der Waals surface area (Å²) in [5.41, 5.74) is 1.22. The van der Waals surface area contributed by atoms with Gasteiger partial charge in [-0.05, 0) is 31.0 Å². The van der Waals surface area contributed by atoms with Crippen molar-refractivity contribution < 1.29 is 0 Å². The largest absolute Gasteiger partial charge is 0.168 e. The highest BCUT2D eigenvalue weighted by Gasteiger charge is 2.18. The molecule has 0 radical (unpaired) electrons. The number of rotatable bonds is 2. The van der Waals surface area contributed by atoms with E-state index in [1.165, 1.54) is 5.56 Å². The molecule has 0 fully saturated rings. The Kier molecular flexibility index (Phi) is 3.08. The van der Waals surface area contributed by atoms with Crippen LogP contribution in [0.25, 0.3) is 0 Å². The van der Waals surface area contributed by atoms with Crippen LogP contribution < -0.4 is 0 Å². The summed E-state index contributed by atoms with van der Waals surface area (Å²) in [5.74, 6) is 0. The molecule has 0 N–H and O–H groups in total. The molecule has 1 aromatic carbocycles. The van der Waals surface area contributed by atoms with Crippen LogP contribution in [0.1, 0.15) is 25.8 Å². The van der Waals surface area contributed by atoms with Crippen molar-refractivity contribution in [1.29, 1.82) is 0 Å². The molecule has 0 heterocycles. The van der Waals surface area contributed by atoms with E-state index >= 15 is 0 Å². The van der Waals surface area contributed by atoms with Crippen LogP contribution >= 0.6 is 24.2 Å². The second kappa shape index (κ2) is 3.71. The molecule has 0 aliphatic carbocycles. The van der Waals surface area contributed by atoms with Gasteiger partial charge in [-0.15, -0.1) is 0 Å². The van der Waals surface area contributed by atoms with Crippen LogP contribution in [0.4, 0.5) is 0 Å². The fourth-order valence-electron chi connectivity index (χ4n) is 1.01. The van der Waals surface area contributed by atoms with E-state index in [9.17, 15) is 0 Å². The van der Waals surface area contributed by atoms with Crippen molar-refractivity contribution in [3.05, 3.63) is 34.9 Å². The Bertz CT molecular complexity index is 251. The van der Waals surface area contributed by atoms with E-state index < -0.39 is 0 Å². The summed E-state index contributed by atoms with van der Waals surface area (Å²) in [5, 5.41) is 0.777. The minimum atomic E-state index is -0.0371. The molecule has 0 bridgehead atoms. The molecule has 12 heavy (non-hydrogen) atoms. The van der Waals surface area contributed by atoms with Gasteiger partial charge in [0.2, 0.25) is 0 Å². The zero-order chi connectivity index (χ0) is 9.19. The Labute approximate surface area is 84.3 Å². The summed E-state index contributed by atoms with van der Waals surface area (Å²) in [7, 11) is 0. The van der Waals surface area contributed by atoms with Gasteiger partial charge in [-0.3, -0.25) is 0 Å². The third kappa shape index (κ3) is 2.18. The molecule has 0 saturated carbocycles. The highest BCUT2D eigenvalue weighted by atomic mass is 35.5. The van der Waals surface area contributed by atoms with Gasteiger partial charge in [0.05, 0.1) is 0 Å². The first-order chi connectivity index (χ1) is 5.56. The standard InChI is InChI=1S/C10H13ClS/c1-3-10(2,12)8-4-6-9(11)7-5-8/h4-7,12H,3H2,1-2H3. The van der Waals surface area contributed by atoms with E-state index in [-0.39, 0.29) is 4.75 Å². The quantitative estimate of drug-likeness (QED) is 0.688. The van der Waals surface area contributed by atoms with Crippen LogP contribution in [-0.2, 0) is 4.75 Å². The van der Waals surface area contributed by atoms with Gasteiger partial charge in [0.1, 0.15) is 0 Å². The molecule has 0 saturated heterocycles. The average molecular weight is 201 g/mol. The molecule has 0 aliphatic rings. The first-order valence-electron chi connectivity index (χ1n) is 4.04. The van der Waals surface area contributed by atoms with Gasteiger partial charge in [0, 0.05) is 9.77 Å². The summed E-state index contributed by atoms with van der Waals surface area (Å²) < 4.78 is -0.0371. The number of halogens is 1. The lowest BCUT2D eigenvalue weighted by molar-refractivity contribution is 0.671. The summed E-state index contributed by atoms with van der Waals surface area (Å²) in [6.07, 6.45) is 1.01. The fourth-order valence-corrected chi connectivity index (χ4v) is 1.29. The summed E-state index contributed by atoms with van der Waals surface area (Å²) >= 11 is 10.3. The lowest BCUT2D eigenvalue weighted by Crippen LogP contribution is -2.11. The van der Waals surface area contributed by atoms with Crippen LogP contribution in [0.3, 0.4) is 0 Å². The third-order valence-corrected chi connectivity index (χ3v) is 2.98. The smallest absolute Gasteiger partial charge is 0.0406 e. The summed E-state index contributed by atoms with van der Waals surface area (Å²) in [6.45, 7) is 4.24. The van der Waals surface area contributed by atoms with Crippen molar-refractivity contribution in [3.63, 3.8) is 0 Å². The number of hydrogen-bond donors (Lipinski definition) is 1. The van der Waals surface area contributed by atoms with Gasteiger partial charge in [0.25, 0.3) is 0 Å². The minimum absolute atomic E-state index is 0.0371. The Balaban J connectivity index is 2.96. The highest BCUT2D eigenvalue weighted by molar-refractivity contribution is 7.81. The fraction of sp³-hybridized carbons (Fsp3) is 0.400. The molecule has 0 spiro atoms. The second-order valence-electron chi connectivity index (χ2n) is 3.13. The Morgan fingerprint density at radius 1 is 1.33 bits per heavy atom. The predicted octanol–water partition coefficient (Wildman–Crippen LogP) is 3.90. The highest BCUT2D eigenvalue weighted by Crippen LogP contribution is 2.31. The zero-order valence-corrected chi connectivity index (χ0v) is 8.99. The Hall–Kier alpha value is -0.140. The average Bonchev–Trinajstić information content (AvgIpc) is 2.05. The van der Waals surface area contributed by atoms with Gasteiger partial charge in [-0.1, -0.05) is 30.7 Å². The van der Waals surface area contributed by atoms with Crippen LogP contribution in [0.2, 0.25) is 5.02 Å². The van der Waals surface area contributed by atoms with Crippen LogP contribution in [0.5, 0.6) is 0 Å². The summed E-state index contributed by atoms with van der Waals surface area (Å²) in [6, 6.07) is 7.86. The lowest BCUT2D eigenvalue weighted by atomic mass is 9.98. The molecule has 0 aliphatic heterocycles. The van der Waals surface area contributed by atoms with Crippen molar-refractivity contribution in [3.8, 4) is 0 Å². The summed E-state index contributed by atoms with van der Waals surface area (Å²) in [4.78, 5) is 0. The van der Waals surface area contributed by atoms with Crippen molar-refractivity contribution in [2.45, 2.75) is 25.0 Å². The van der Waals surface area contributed by atoms with E-state index in [4.69, 9.17) is 11.6 Å². The molecule has 1 unspecified atom stereocenters. The van der Waals surface area contributed by atoms with Crippen LogP contribution in [0.15, 0.2) is 24.3 Å². The topological polar surface area (TPSA) is 0 Å². The molecular weight excluding hydrogens is 188 g/mol. The van der Waals surface area contributed by atoms with E-state index in [2.05, 4.69) is 26.5 Å². The van der Waals surface area contributed by atoms with E-state index in [0.29, 0.717) is 0 Å². The zero-order valence-electron chi connectivity index (χ0n) is 7.34. The maximum absolute atomic E-state index is 5.78. The first-order valence-corrected chi connectivity index (χ1v) is 4.87. The van der Waals surface area contributed by atoms with Gasteiger partial charge in [-0.25, -0.2) is 0 Å². The molecule has 1 aromatic rings. The van der Waals surface area contributed by atoms with Gasteiger partial charge < -0.3 is 0 Å². The molecule has 1 rings (SSSR count). The van der Waals surface area contributed by atoms with Crippen molar-refractivity contribution in [2.75, 3.05) is 0 Å². The molecular formula is C10H13ClS. The molecule has 1 atom stereocenters. The molecule has 2 heteroatoms. The number of hydrogen-bond acceptors (Lipinski definition) is 1. The lowest BCUT2D eigenvalue weighted by Gasteiger charge is -2.21. The van der Waals surface area contributed by atoms with E-state index in [0.717, 1.165) is 11.4 Å². The molecule has 0 nitrogen and oxygen atoms in total. The van der Waals surface area contributed by atoms with Crippen molar-refractivity contribution in [1.82, 2.24) is 0 Å². The van der Waals surface area contributed by atoms with Gasteiger partial charge in [-0.2, -0.15) is 12.6 Å². The molecule has 0 amide bonds. The maximum atomic E-state index is 5.78. The number of benzene rings is 1. The maximum Gasteiger partial charge on any atom is 0.0406 e. The SMILES string of the molecule is CCC(C)(S)c1ccc(Cl)cc1. The normalized spacial score (nSPS) is 15.7. The number of thiol groups is 1. The monoisotopic (exact) mass is 200 g/mol. The molecule has 66 valence electrons. The van der Waals surface area contributed by atoms with Crippen molar-refractivity contribution in [2.24, 2.45) is 0 Å². The van der Waals surface area contributed by atoms with Gasteiger partial charge >= 0.3 is 0 Å². The first kappa shape index (κ1) is 9.94. The van der Waals surface area contributed by atoms with E-state index in [1.807, 2.05) is 24.3 Å². The van der Waals surface area contributed by atoms with Gasteiger partial charge in [0.15, 0.2) is 0 Å². The minimum Gasteiger partial charge on any atom is -0.168 e. The Morgan fingerprint density at radius 3 is 2.25 bits per heavy atom. The molecule has 0 aromatic heterocycles. The third-order valence-electron chi connectivity index (χ3n) is 2.15. The second-order valence-corrected chi connectivity index (χ2v) is 4.56. The van der Waals surface area contributed by atoms with Crippen LogP contribution in [0, 0.1) is 0 Å². The van der Waals surface area contributed by atoms with Crippen LogP contribution in [-0.4, -0.2) is 0 Å². The van der Waals surface area contributed by atoms with E-state index in [1.54, 1.807) is 0 Å². The Morgan fingerprint density at radius 2 is 1.83 bits per heavy atom.